The van der Waals surface area contributed by atoms with E-state index in [0.29, 0.717) is 16.8 Å². The predicted molar refractivity (Wildman–Crippen MR) is 128 cm³/mol. The fraction of sp³-hybridized carbons (Fsp3) is 0.417. The number of nitrogens with zero attached hydrogens (tertiary/aromatic N) is 2. The molecule has 0 unspecified atom stereocenters. The minimum absolute atomic E-state index is 0.0274. The first-order valence-electron chi connectivity index (χ1n) is 10.8. The maximum Gasteiger partial charge on any atom is 0.244 e. The van der Waals surface area contributed by atoms with Gasteiger partial charge in [0.2, 0.25) is 21.8 Å². The number of hydrogen-bond donors (Lipinski definition) is 1. The van der Waals surface area contributed by atoms with Crippen molar-refractivity contribution in [2.45, 2.75) is 52.7 Å². The summed E-state index contributed by atoms with van der Waals surface area (Å²) in [6, 6.07) is 11.5. The highest BCUT2D eigenvalue weighted by molar-refractivity contribution is 7.92. The molecule has 0 aliphatic carbocycles. The molecular formula is C24H32FN3O4S. The van der Waals surface area contributed by atoms with Crippen molar-refractivity contribution in [1.82, 2.24) is 10.2 Å². The number of para-hydroxylation sites is 1. The fourth-order valence-corrected chi connectivity index (χ4v) is 4.18. The SMILES string of the molecule is CC[C@H](C)NC(=O)[C@H](C)N(Cc1ccc(F)cc1)C(=O)CN(c1ccccc1C)S(C)(=O)=O. The van der Waals surface area contributed by atoms with Crippen LogP contribution >= 0.6 is 0 Å². The van der Waals surface area contributed by atoms with E-state index in [1.165, 1.54) is 29.2 Å². The Morgan fingerprint density at radius 1 is 1.06 bits per heavy atom. The summed E-state index contributed by atoms with van der Waals surface area (Å²) in [5.74, 6) is -1.30. The van der Waals surface area contributed by atoms with Crippen molar-refractivity contribution in [3.63, 3.8) is 0 Å². The Balaban J connectivity index is 2.39. The molecule has 0 radical (unpaired) electrons. The molecular weight excluding hydrogens is 445 g/mol. The molecule has 0 aromatic heterocycles. The molecule has 0 saturated heterocycles. The lowest BCUT2D eigenvalue weighted by Crippen LogP contribution is -2.52. The van der Waals surface area contributed by atoms with E-state index in [1.807, 2.05) is 13.8 Å². The third-order valence-electron chi connectivity index (χ3n) is 5.50. The van der Waals surface area contributed by atoms with Gasteiger partial charge in [-0.2, -0.15) is 0 Å². The highest BCUT2D eigenvalue weighted by atomic mass is 32.2. The maximum absolute atomic E-state index is 13.4. The number of carbonyl (C=O) groups is 2. The number of nitrogens with one attached hydrogen (secondary N) is 1. The molecule has 1 N–H and O–H groups in total. The van der Waals surface area contributed by atoms with Crippen LogP contribution < -0.4 is 9.62 Å². The molecule has 0 spiro atoms. The quantitative estimate of drug-likeness (QED) is 0.569. The van der Waals surface area contributed by atoms with Crippen molar-refractivity contribution in [3.8, 4) is 0 Å². The van der Waals surface area contributed by atoms with Gasteiger partial charge < -0.3 is 10.2 Å². The Labute approximate surface area is 195 Å². The van der Waals surface area contributed by atoms with Crippen LogP contribution in [-0.2, 0) is 26.2 Å². The molecule has 2 aromatic carbocycles. The highest BCUT2D eigenvalue weighted by Crippen LogP contribution is 2.23. The number of rotatable bonds is 10. The number of halogens is 1. The Kier molecular flexibility index (Phi) is 8.99. The number of benzene rings is 2. The maximum atomic E-state index is 13.4. The summed E-state index contributed by atoms with van der Waals surface area (Å²) in [6.45, 7) is 6.71. The average molecular weight is 478 g/mol. The van der Waals surface area contributed by atoms with Gasteiger partial charge in [-0.15, -0.1) is 0 Å². The Bertz CT molecular complexity index is 1070. The third-order valence-corrected chi connectivity index (χ3v) is 6.62. The topological polar surface area (TPSA) is 86.8 Å². The number of hydrogen-bond acceptors (Lipinski definition) is 4. The van der Waals surface area contributed by atoms with Crippen LogP contribution in [0.15, 0.2) is 48.5 Å². The lowest BCUT2D eigenvalue weighted by molar-refractivity contribution is -0.139. The van der Waals surface area contributed by atoms with E-state index in [9.17, 15) is 22.4 Å². The van der Waals surface area contributed by atoms with Crippen LogP contribution in [0.1, 0.15) is 38.3 Å². The summed E-state index contributed by atoms with van der Waals surface area (Å²) in [5, 5.41) is 2.86. The highest BCUT2D eigenvalue weighted by Gasteiger charge is 2.30. The second-order valence-electron chi connectivity index (χ2n) is 8.20. The lowest BCUT2D eigenvalue weighted by atomic mass is 10.1. The smallest absolute Gasteiger partial charge is 0.244 e. The largest absolute Gasteiger partial charge is 0.352 e. The number of aryl methyl sites for hydroxylation is 1. The van der Waals surface area contributed by atoms with Gasteiger partial charge in [-0.05, 0) is 56.5 Å². The Hall–Kier alpha value is -2.94. The molecule has 7 nitrogen and oxygen atoms in total. The number of amides is 2. The minimum Gasteiger partial charge on any atom is -0.352 e. The van der Waals surface area contributed by atoms with Crippen LogP contribution in [0, 0.1) is 12.7 Å². The van der Waals surface area contributed by atoms with Gasteiger partial charge in [0.05, 0.1) is 11.9 Å². The molecule has 2 rings (SSSR count). The van der Waals surface area contributed by atoms with Crippen molar-refractivity contribution >= 4 is 27.5 Å². The van der Waals surface area contributed by atoms with Crippen molar-refractivity contribution < 1.29 is 22.4 Å². The minimum atomic E-state index is -3.78. The number of anilines is 1. The zero-order chi connectivity index (χ0) is 24.8. The number of carbonyl (C=O) groups excluding carboxylic acids is 2. The van der Waals surface area contributed by atoms with Gasteiger partial charge in [0.1, 0.15) is 18.4 Å². The molecule has 0 saturated carbocycles. The first-order valence-corrected chi connectivity index (χ1v) is 12.7. The van der Waals surface area contributed by atoms with Gasteiger partial charge in [0.15, 0.2) is 0 Å². The van der Waals surface area contributed by atoms with Crippen molar-refractivity contribution in [2.24, 2.45) is 0 Å². The van der Waals surface area contributed by atoms with Gasteiger partial charge in [0, 0.05) is 12.6 Å². The molecule has 180 valence electrons. The van der Waals surface area contributed by atoms with Crippen LogP contribution in [-0.4, -0.2) is 50.0 Å². The molecule has 2 amide bonds. The molecule has 33 heavy (non-hydrogen) atoms. The van der Waals surface area contributed by atoms with E-state index in [0.717, 1.165) is 17.0 Å². The number of sulfonamides is 1. The van der Waals surface area contributed by atoms with Gasteiger partial charge in [-0.25, -0.2) is 12.8 Å². The van der Waals surface area contributed by atoms with Crippen molar-refractivity contribution in [1.29, 1.82) is 0 Å². The third kappa shape index (κ3) is 7.28. The Morgan fingerprint density at radius 2 is 1.67 bits per heavy atom. The van der Waals surface area contributed by atoms with E-state index in [4.69, 9.17) is 0 Å². The van der Waals surface area contributed by atoms with Crippen LogP contribution in [0.25, 0.3) is 0 Å². The summed E-state index contributed by atoms with van der Waals surface area (Å²) in [6.07, 6.45) is 1.76. The average Bonchev–Trinajstić information content (AvgIpc) is 2.76. The second-order valence-corrected chi connectivity index (χ2v) is 10.1. The standard InChI is InChI=1S/C24H32FN3O4S/c1-6-18(3)26-24(30)19(4)27(15-20-11-13-21(25)14-12-20)23(29)16-28(33(5,31)32)22-10-8-7-9-17(22)2/h7-14,18-19H,6,15-16H2,1-5H3,(H,26,30)/t18-,19-/m0/s1. The first-order chi connectivity index (χ1) is 15.4. The summed E-state index contributed by atoms with van der Waals surface area (Å²) < 4.78 is 39.5. The normalized spacial score (nSPS) is 13.2. The second kappa shape index (κ2) is 11.3. The summed E-state index contributed by atoms with van der Waals surface area (Å²) in [7, 11) is -3.78. The summed E-state index contributed by atoms with van der Waals surface area (Å²) in [5.41, 5.74) is 1.71. The summed E-state index contributed by atoms with van der Waals surface area (Å²) >= 11 is 0. The molecule has 9 heteroatoms. The van der Waals surface area contributed by atoms with Gasteiger partial charge in [-0.3, -0.25) is 13.9 Å². The molecule has 0 aliphatic rings. The molecule has 0 bridgehead atoms. The van der Waals surface area contributed by atoms with Crippen LogP contribution in [0.2, 0.25) is 0 Å². The fourth-order valence-electron chi connectivity index (χ4n) is 3.27. The van der Waals surface area contributed by atoms with Crippen LogP contribution in [0.3, 0.4) is 0 Å². The summed E-state index contributed by atoms with van der Waals surface area (Å²) in [4.78, 5) is 27.6. The van der Waals surface area contributed by atoms with E-state index in [-0.39, 0.29) is 18.5 Å². The monoisotopic (exact) mass is 477 g/mol. The van der Waals surface area contributed by atoms with Crippen molar-refractivity contribution in [2.75, 3.05) is 17.1 Å². The molecule has 2 aromatic rings. The van der Waals surface area contributed by atoms with E-state index in [2.05, 4.69) is 5.32 Å². The van der Waals surface area contributed by atoms with Gasteiger partial charge >= 0.3 is 0 Å². The van der Waals surface area contributed by atoms with Gasteiger partial charge in [0.25, 0.3) is 0 Å². The zero-order valence-electron chi connectivity index (χ0n) is 19.7. The van der Waals surface area contributed by atoms with Crippen LogP contribution in [0.5, 0.6) is 0 Å². The zero-order valence-corrected chi connectivity index (χ0v) is 20.5. The van der Waals surface area contributed by atoms with Gasteiger partial charge in [-0.1, -0.05) is 37.3 Å². The molecule has 0 heterocycles. The van der Waals surface area contributed by atoms with Crippen LogP contribution in [0.4, 0.5) is 10.1 Å². The molecule has 0 fully saturated rings. The predicted octanol–water partition coefficient (Wildman–Crippen LogP) is 3.23. The Morgan fingerprint density at radius 3 is 2.21 bits per heavy atom. The molecule has 0 aliphatic heterocycles. The van der Waals surface area contributed by atoms with E-state index >= 15 is 0 Å². The van der Waals surface area contributed by atoms with E-state index in [1.54, 1.807) is 38.1 Å². The van der Waals surface area contributed by atoms with E-state index < -0.39 is 34.3 Å². The molecule has 2 atom stereocenters. The van der Waals surface area contributed by atoms with Crippen molar-refractivity contribution in [3.05, 3.63) is 65.5 Å². The first kappa shape index (κ1) is 26.3. The lowest BCUT2D eigenvalue weighted by Gasteiger charge is -2.32.